The van der Waals surface area contributed by atoms with E-state index in [1.807, 2.05) is 0 Å². The van der Waals surface area contributed by atoms with Gasteiger partial charge in [0.05, 0.1) is 0 Å². The third-order valence-electron chi connectivity index (χ3n) is 2.21. The molecule has 0 aromatic rings. The van der Waals surface area contributed by atoms with Crippen LogP contribution in [-0.2, 0) is 0 Å². The Labute approximate surface area is 75.8 Å². The Morgan fingerprint density at radius 3 is 2.42 bits per heavy atom. The molecule has 0 saturated carbocycles. The van der Waals surface area contributed by atoms with E-state index < -0.39 is 0 Å². The minimum Gasteiger partial charge on any atom is -0.377 e. The zero-order valence-electron chi connectivity index (χ0n) is 8.21. The van der Waals surface area contributed by atoms with Gasteiger partial charge in [-0.15, -0.1) is 0 Å². The summed E-state index contributed by atoms with van der Waals surface area (Å²) in [6, 6.07) is 0. The van der Waals surface area contributed by atoms with E-state index in [0.717, 1.165) is 0 Å². The quantitative estimate of drug-likeness (QED) is 0.569. The van der Waals surface area contributed by atoms with E-state index in [2.05, 4.69) is 37.1 Å². The molecule has 1 rings (SSSR count). The third kappa shape index (κ3) is 3.12. The summed E-state index contributed by atoms with van der Waals surface area (Å²) in [7, 11) is 0. The molecule has 0 unspecified atom stereocenters. The lowest BCUT2D eigenvalue weighted by Gasteiger charge is -2.25. The summed E-state index contributed by atoms with van der Waals surface area (Å²) < 4.78 is 0. The van der Waals surface area contributed by atoms with E-state index in [1.165, 1.54) is 37.9 Å². The number of piperidine rings is 1. The summed E-state index contributed by atoms with van der Waals surface area (Å²) in [4.78, 5) is 2.43. The Hall–Kier alpha value is -0.720. The van der Waals surface area contributed by atoms with Crippen LogP contribution in [0.15, 0.2) is 23.9 Å². The molecular weight excluding hydrogens is 146 g/mol. The Morgan fingerprint density at radius 2 is 1.83 bits per heavy atom. The highest BCUT2D eigenvalue weighted by Crippen LogP contribution is 2.10. The Balaban J connectivity index is 2.41. The normalized spacial score (nSPS) is 20.5. The van der Waals surface area contributed by atoms with Crippen molar-refractivity contribution in [3.63, 3.8) is 0 Å². The molecule has 1 aliphatic rings. The second kappa shape index (κ2) is 5.02. The first-order valence-corrected chi connectivity index (χ1v) is 4.88. The van der Waals surface area contributed by atoms with E-state index in [0.29, 0.717) is 0 Å². The fourth-order valence-electron chi connectivity index (χ4n) is 1.64. The van der Waals surface area contributed by atoms with Gasteiger partial charge < -0.3 is 4.90 Å². The van der Waals surface area contributed by atoms with Gasteiger partial charge in [-0.2, -0.15) is 0 Å². The van der Waals surface area contributed by atoms with Crippen molar-refractivity contribution in [2.75, 3.05) is 13.1 Å². The van der Waals surface area contributed by atoms with Gasteiger partial charge in [0.2, 0.25) is 0 Å². The van der Waals surface area contributed by atoms with Gasteiger partial charge >= 0.3 is 0 Å². The van der Waals surface area contributed by atoms with Crippen molar-refractivity contribution in [3.8, 4) is 0 Å². The highest BCUT2D eigenvalue weighted by atomic mass is 15.1. The second-order valence-electron chi connectivity index (χ2n) is 3.47. The molecule has 0 atom stereocenters. The van der Waals surface area contributed by atoms with E-state index in [4.69, 9.17) is 0 Å². The molecule has 0 spiro atoms. The van der Waals surface area contributed by atoms with Crippen LogP contribution in [0.2, 0.25) is 0 Å². The summed E-state index contributed by atoms with van der Waals surface area (Å²) in [6.45, 7) is 6.71. The number of allylic oxidation sites excluding steroid dienone is 3. The highest BCUT2D eigenvalue weighted by molar-refractivity contribution is 5.14. The molecule has 1 heterocycles. The first kappa shape index (κ1) is 9.37. The minimum absolute atomic E-state index is 1.24. The van der Waals surface area contributed by atoms with Crippen molar-refractivity contribution in [1.82, 2.24) is 4.90 Å². The maximum absolute atomic E-state index is 2.43. The zero-order valence-corrected chi connectivity index (χ0v) is 8.21. The largest absolute Gasteiger partial charge is 0.377 e. The predicted octanol–water partition coefficient (Wildman–Crippen LogP) is 2.95. The lowest BCUT2D eigenvalue weighted by atomic mass is 10.1. The molecule has 1 saturated heterocycles. The lowest BCUT2D eigenvalue weighted by Crippen LogP contribution is -2.24. The highest BCUT2D eigenvalue weighted by Gasteiger charge is 2.05. The zero-order chi connectivity index (χ0) is 8.81. The predicted molar refractivity (Wildman–Crippen MR) is 54.0 cm³/mol. The lowest BCUT2D eigenvalue weighted by molar-refractivity contribution is 0.308. The summed E-state index contributed by atoms with van der Waals surface area (Å²) >= 11 is 0. The van der Waals surface area contributed by atoms with Gasteiger partial charge in [-0.3, -0.25) is 0 Å². The third-order valence-corrected chi connectivity index (χ3v) is 2.21. The smallest absolute Gasteiger partial charge is 0.0172 e. The van der Waals surface area contributed by atoms with Crippen LogP contribution < -0.4 is 0 Å². The minimum atomic E-state index is 1.24. The van der Waals surface area contributed by atoms with Gasteiger partial charge in [0, 0.05) is 19.3 Å². The maximum atomic E-state index is 2.43. The molecule has 68 valence electrons. The van der Waals surface area contributed by atoms with Gasteiger partial charge in [0.15, 0.2) is 0 Å². The first-order chi connectivity index (χ1) is 5.83. The van der Waals surface area contributed by atoms with Crippen LogP contribution in [-0.4, -0.2) is 18.0 Å². The van der Waals surface area contributed by atoms with E-state index in [1.54, 1.807) is 0 Å². The van der Waals surface area contributed by atoms with E-state index >= 15 is 0 Å². The van der Waals surface area contributed by atoms with Gasteiger partial charge in [0.25, 0.3) is 0 Å². The van der Waals surface area contributed by atoms with Crippen molar-refractivity contribution < 1.29 is 0 Å². The fraction of sp³-hybridized carbons (Fsp3) is 0.636. The Kier molecular flexibility index (Phi) is 3.92. The summed E-state index contributed by atoms with van der Waals surface area (Å²) in [5, 5.41) is 0. The average molecular weight is 165 g/mol. The van der Waals surface area contributed by atoms with Gasteiger partial charge in [0.1, 0.15) is 0 Å². The summed E-state index contributed by atoms with van der Waals surface area (Å²) in [5.74, 6) is 0. The molecule has 0 aromatic carbocycles. The van der Waals surface area contributed by atoms with E-state index in [-0.39, 0.29) is 0 Å². The van der Waals surface area contributed by atoms with Gasteiger partial charge in [-0.1, -0.05) is 12.2 Å². The molecule has 1 fully saturated rings. The SMILES string of the molecule is C/C=C/C(C)=C/N1CCCCC1. The Bertz CT molecular complexity index is 173. The molecule has 12 heavy (non-hydrogen) atoms. The number of hydrogen-bond acceptors (Lipinski definition) is 1. The van der Waals surface area contributed by atoms with Crippen LogP contribution in [0.3, 0.4) is 0 Å². The van der Waals surface area contributed by atoms with Crippen molar-refractivity contribution in [2.24, 2.45) is 0 Å². The van der Waals surface area contributed by atoms with E-state index in [9.17, 15) is 0 Å². The van der Waals surface area contributed by atoms with Crippen LogP contribution >= 0.6 is 0 Å². The molecule has 1 nitrogen and oxygen atoms in total. The maximum Gasteiger partial charge on any atom is 0.0172 e. The molecule has 0 amide bonds. The Morgan fingerprint density at radius 1 is 1.17 bits per heavy atom. The summed E-state index contributed by atoms with van der Waals surface area (Å²) in [5.41, 5.74) is 1.36. The number of nitrogens with zero attached hydrogens (tertiary/aromatic N) is 1. The number of rotatable bonds is 2. The molecule has 0 N–H and O–H groups in total. The van der Waals surface area contributed by atoms with Crippen molar-refractivity contribution >= 4 is 0 Å². The van der Waals surface area contributed by atoms with Crippen molar-refractivity contribution in [3.05, 3.63) is 23.9 Å². The standard InChI is InChI=1S/C11H19N/c1-3-7-11(2)10-12-8-5-4-6-9-12/h3,7,10H,4-6,8-9H2,1-2H3/b7-3+,11-10+. The molecule has 0 bridgehead atoms. The van der Waals surface area contributed by atoms with Gasteiger partial charge in [-0.05, 0) is 38.7 Å². The summed E-state index contributed by atoms with van der Waals surface area (Å²) in [6.07, 6.45) is 10.7. The van der Waals surface area contributed by atoms with Crippen LogP contribution in [0.5, 0.6) is 0 Å². The molecule has 0 aromatic heterocycles. The molecular formula is C11H19N. The fourth-order valence-corrected chi connectivity index (χ4v) is 1.64. The second-order valence-corrected chi connectivity index (χ2v) is 3.47. The first-order valence-electron chi connectivity index (χ1n) is 4.88. The monoisotopic (exact) mass is 165 g/mol. The number of hydrogen-bond donors (Lipinski definition) is 0. The average Bonchev–Trinajstić information content (AvgIpc) is 2.06. The van der Waals surface area contributed by atoms with Crippen LogP contribution in [0.4, 0.5) is 0 Å². The van der Waals surface area contributed by atoms with Crippen LogP contribution in [0.25, 0.3) is 0 Å². The van der Waals surface area contributed by atoms with Crippen molar-refractivity contribution in [1.29, 1.82) is 0 Å². The molecule has 0 aliphatic carbocycles. The van der Waals surface area contributed by atoms with Crippen LogP contribution in [0, 0.1) is 0 Å². The molecule has 1 heteroatoms. The molecule has 1 aliphatic heterocycles. The van der Waals surface area contributed by atoms with Crippen LogP contribution in [0.1, 0.15) is 33.1 Å². The van der Waals surface area contributed by atoms with Gasteiger partial charge in [-0.25, -0.2) is 0 Å². The number of likely N-dealkylation sites (tertiary alicyclic amines) is 1. The van der Waals surface area contributed by atoms with Crippen molar-refractivity contribution in [2.45, 2.75) is 33.1 Å². The topological polar surface area (TPSA) is 3.24 Å². The molecule has 0 radical (unpaired) electrons.